The van der Waals surface area contributed by atoms with E-state index in [1.54, 1.807) is 48.5 Å². The van der Waals surface area contributed by atoms with Gasteiger partial charge < -0.3 is 10.1 Å². The molecule has 0 saturated heterocycles. The predicted molar refractivity (Wildman–Crippen MR) is 95.3 cm³/mol. The van der Waals surface area contributed by atoms with Crippen molar-refractivity contribution in [1.82, 2.24) is 0 Å². The van der Waals surface area contributed by atoms with Gasteiger partial charge in [0, 0.05) is 10.0 Å². The Morgan fingerprint density at radius 3 is 2.43 bits per heavy atom. The molecule has 0 unspecified atom stereocenters. The van der Waals surface area contributed by atoms with E-state index in [-0.39, 0.29) is 5.91 Å². The van der Waals surface area contributed by atoms with E-state index >= 15 is 0 Å². The van der Waals surface area contributed by atoms with Crippen molar-refractivity contribution in [3.63, 3.8) is 0 Å². The van der Waals surface area contributed by atoms with Gasteiger partial charge in [-0.25, -0.2) is 0 Å². The Labute approximate surface area is 147 Å². The monoisotopic (exact) mass is 363 g/mol. The van der Waals surface area contributed by atoms with Crippen LogP contribution in [0.5, 0.6) is 11.5 Å². The highest BCUT2D eigenvalue weighted by atomic mass is 35.5. The highest BCUT2D eigenvalue weighted by molar-refractivity contribution is 7.12. The second-order valence-electron chi connectivity index (χ2n) is 4.63. The molecule has 1 N–H and O–H groups in total. The highest BCUT2D eigenvalue weighted by Gasteiger charge is 2.12. The summed E-state index contributed by atoms with van der Waals surface area (Å²) in [6.45, 7) is 0. The van der Waals surface area contributed by atoms with Crippen molar-refractivity contribution in [2.75, 3.05) is 5.32 Å². The smallest absolute Gasteiger partial charge is 0.265 e. The number of carbonyl (C=O) groups is 1. The van der Waals surface area contributed by atoms with Crippen LogP contribution in [0, 0.1) is 0 Å². The normalized spacial score (nSPS) is 10.3. The minimum atomic E-state index is -0.205. The summed E-state index contributed by atoms with van der Waals surface area (Å²) in [4.78, 5) is 12.8. The lowest BCUT2D eigenvalue weighted by Gasteiger charge is -2.12. The van der Waals surface area contributed by atoms with Crippen molar-refractivity contribution in [2.24, 2.45) is 0 Å². The molecule has 0 fully saturated rings. The first kappa shape index (κ1) is 15.9. The van der Waals surface area contributed by atoms with Crippen molar-refractivity contribution >= 4 is 46.1 Å². The summed E-state index contributed by atoms with van der Waals surface area (Å²) >= 11 is 13.3. The summed E-state index contributed by atoms with van der Waals surface area (Å²) in [6.07, 6.45) is 0. The number of rotatable bonds is 4. The van der Waals surface area contributed by atoms with Crippen molar-refractivity contribution in [3.05, 3.63) is 74.9 Å². The minimum absolute atomic E-state index is 0.205. The molecule has 1 aromatic heterocycles. The Morgan fingerprint density at radius 2 is 1.74 bits per heavy atom. The molecule has 1 amide bonds. The lowest BCUT2D eigenvalue weighted by atomic mass is 10.2. The Hall–Kier alpha value is -2.01. The number of ether oxygens (including phenoxy) is 1. The number of hydrogen-bond donors (Lipinski definition) is 1. The average molecular weight is 364 g/mol. The van der Waals surface area contributed by atoms with Crippen LogP contribution in [-0.2, 0) is 0 Å². The van der Waals surface area contributed by atoms with Crippen LogP contribution >= 0.6 is 34.5 Å². The molecule has 0 spiro atoms. The van der Waals surface area contributed by atoms with Crippen molar-refractivity contribution < 1.29 is 9.53 Å². The molecular formula is C17H11Cl2NO2S. The zero-order chi connectivity index (χ0) is 16.2. The zero-order valence-corrected chi connectivity index (χ0v) is 14.1. The van der Waals surface area contributed by atoms with Crippen LogP contribution in [0.15, 0.2) is 60.0 Å². The molecule has 2 aromatic carbocycles. The van der Waals surface area contributed by atoms with Crippen LogP contribution in [0.1, 0.15) is 9.67 Å². The van der Waals surface area contributed by atoms with Gasteiger partial charge in [0.1, 0.15) is 5.75 Å². The number of amides is 1. The van der Waals surface area contributed by atoms with Gasteiger partial charge >= 0.3 is 0 Å². The molecule has 0 bridgehead atoms. The van der Waals surface area contributed by atoms with Crippen LogP contribution < -0.4 is 10.1 Å². The Balaban J connectivity index is 1.85. The summed E-state index contributed by atoms with van der Waals surface area (Å²) < 4.78 is 5.81. The van der Waals surface area contributed by atoms with Crippen molar-refractivity contribution in [3.8, 4) is 11.5 Å². The highest BCUT2D eigenvalue weighted by Crippen LogP contribution is 2.33. The van der Waals surface area contributed by atoms with Gasteiger partial charge in [-0.2, -0.15) is 0 Å². The summed E-state index contributed by atoms with van der Waals surface area (Å²) in [6, 6.07) is 15.6. The SMILES string of the molecule is O=C(Nc1cc(Cl)ccc1Oc1ccc(Cl)cc1)c1cccs1. The molecule has 3 aromatic rings. The number of anilines is 1. The molecule has 3 nitrogen and oxygen atoms in total. The predicted octanol–water partition coefficient (Wildman–Crippen LogP) is 6.10. The van der Waals surface area contributed by atoms with E-state index in [1.807, 2.05) is 11.4 Å². The van der Waals surface area contributed by atoms with E-state index in [9.17, 15) is 4.79 Å². The molecule has 0 aliphatic carbocycles. The minimum Gasteiger partial charge on any atom is -0.455 e. The van der Waals surface area contributed by atoms with Crippen LogP contribution in [0.25, 0.3) is 0 Å². The van der Waals surface area contributed by atoms with Crippen LogP contribution in [0.3, 0.4) is 0 Å². The molecule has 0 saturated carbocycles. The molecule has 116 valence electrons. The summed E-state index contributed by atoms with van der Waals surface area (Å²) in [7, 11) is 0. The Bertz CT molecular complexity index is 817. The van der Waals surface area contributed by atoms with Gasteiger partial charge in [0.2, 0.25) is 0 Å². The maximum atomic E-state index is 12.2. The second-order valence-corrected chi connectivity index (χ2v) is 6.45. The van der Waals surface area contributed by atoms with E-state index in [2.05, 4.69) is 5.32 Å². The molecule has 6 heteroatoms. The van der Waals surface area contributed by atoms with E-state index in [0.29, 0.717) is 32.1 Å². The van der Waals surface area contributed by atoms with E-state index in [4.69, 9.17) is 27.9 Å². The molecule has 0 atom stereocenters. The molecule has 0 radical (unpaired) electrons. The van der Waals surface area contributed by atoms with Crippen molar-refractivity contribution in [2.45, 2.75) is 0 Å². The molecule has 3 rings (SSSR count). The standard InChI is InChI=1S/C17H11Cl2NO2S/c18-11-3-6-13(7-4-11)22-15-8-5-12(19)10-14(15)20-17(21)16-2-1-9-23-16/h1-10H,(H,20,21). The topological polar surface area (TPSA) is 38.3 Å². The summed E-state index contributed by atoms with van der Waals surface area (Å²) in [5.74, 6) is 0.910. The molecule has 0 aliphatic heterocycles. The van der Waals surface area contributed by atoms with Crippen LogP contribution in [-0.4, -0.2) is 5.91 Å². The van der Waals surface area contributed by atoms with Gasteiger partial charge in [0.25, 0.3) is 5.91 Å². The Morgan fingerprint density at radius 1 is 1.00 bits per heavy atom. The zero-order valence-electron chi connectivity index (χ0n) is 11.8. The first-order chi connectivity index (χ1) is 11.1. The number of benzene rings is 2. The van der Waals surface area contributed by atoms with Crippen LogP contribution in [0.4, 0.5) is 5.69 Å². The van der Waals surface area contributed by atoms with Gasteiger partial charge in [0.05, 0.1) is 10.6 Å². The third kappa shape index (κ3) is 4.05. The van der Waals surface area contributed by atoms with Crippen LogP contribution in [0.2, 0.25) is 10.0 Å². The third-order valence-electron chi connectivity index (χ3n) is 2.98. The van der Waals surface area contributed by atoms with E-state index in [1.165, 1.54) is 11.3 Å². The summed E-state index contributed by atoms with van der Waals surface area (Å²) in [5, 5.41) is 5.80. The number of halogens is 2. The van der Waals surface area contributed by atoms with Gasteiger partial charge in [-0.3, -0.25) is 4.79 Å². The maximum absolute atomic E-state index is 12.2. The van der Waals surface area contributed by atoms with Gasteiger partial charge in [0.15, 0.2) is 5.75 Å². The number of nitrogens with one attached hydrogen (secondary N) is 1. The fourth-order valence-electron chi connectivity index (χ4n) is 1.91. The molecule has 23 heavy (non-hydrogen) atoms. The fourth-order valence-corrected chi connectivity index (χ4v) is 2.83. The Kier molecular flexibility index (Phi) is 4.86. The first-order valence-corrected chi connectivity index (χ1v) is 8.33. The molecule has 1 heterocycles. The average Bonchev–Trinajstić information content (AvgIpc) is 3.06. The number of hydrogen-bond acceptors (Lipinski definition) is 3. The van der Waals surface area contributed by atoms with Crippen molar-refractivity contribution in [1.29, 1.82) is 0 Å². The van der Waals surface area contributed by atoms with Gasteiger partial charge in [-0.05, 0) is 53.9 Å². The largest absolute Gasteiger partial charge is 0.455 e. The van der Waals surface area contributed by atoms with Gasteiger partial charge in [-0.1, -0.05) is 29.3 Å². The molecular weight excluding hydrogens is 353 g/mol. The van der Waals surface area contributed by atoms with Gasteiger partial charge in [-0.15, -0.1) is 11.3 Å². The lowest BCUT2D eigenvalue weighted by molar-refractivity contribution is 0.103. The number of carbonyl (C=O) groups excluding carboxylic acids is 1. The van der Waals surface area contributed by atoms with E-state index < -0.39 is 0 Å². The second kappa shape index (κ2) is 7.04. The first-order valence-electron chi connectivity index (χ1n) is 6.69. The summed E-state index contributed by atoms with van der Waals surface area (Å²) in [5.41, 5.74) is 0.505. The van der Waals surface area contributed by atoms with E-state index in [0.717, 1.165) is 0 Å². The maximum Gasteiger partial charge on any atom is 0.265 e. The number of thiophene rings is 1. The lowest BCUT2D eigenvalue weighted by Crippen LogP contribution is -2.10. The third-order valence-corrected chi connectivity index (χ3v) is 4.33. The molecule has 0 aliphatic rings. The quantitative estimate of drug-likeness (QED) is 0.607. The fraction of sp³-hybridized carbons (Fsp3) is 0.